The molecular formula is C21H15ClF3NO3S. The number of benzene rings is 3. The highest BCUT2D eigenvalue weighted by Crippen LogP contribution is 2.50. The van der Waals surface area contributed by atoms with E-state index in [1.807, 2.05) is 0 Å². The van der Waals surface area contributed by atoms with Crippen LogP contribution >= 0.6 is 11.6 Å². The number of nitrogens with two attached hydrogens (primary N) is 1. The Labute approximate surface area is 176 Å². The predicted octanol–water partition coefficient (Wildman–Crippen LogP) is 5.30. The lowest BCUT2D eigenvalue weighted by Crippen LogP contribution is -2.20. The minimum Gasteiger partial charge on any atom is -0.480 e. The second kappa shape index (κ2) is 7.30. The first-order valence-corrected chi connectivity index (χ1v) is 10.9. The van der Waals surface area contributed by atoms with Crippen LogP contribution in [0.1, 0.15) is 28.4 Å². The van der Waals surface area contributed by atoms with Gasteiger partial charge in [0.05, 0.1) is 11.3 Å². The molecular weight excluding hydrogens is 439 g/mol. The zero-order valence-electron chi connectivity index (χ0n) is 15.3. The quantitative estimate of drug-likeness (QED) is 0.585. The number of rotatable bonds is 3. The number of primary sulfonamides is 1. The third-order valence-corrected chi connectivity index (χ3v) is 5.73. The molecule has 0 fully saturated rings. The van der Waals surface area contributed by atoms with E-state index in [-0.39, 0.29) is 11.3 Å². The molecule has 1 heterocycles. The van der Waals surface area contributed by atoms with Crippen molar-refractivity contribution < 1.29 is 26.3 Å². The predicted molar refractivity (Wildman–Crippen MR) is 108 cm³/mol. The van der Waals surface area contributed by atoms with E-state index >= 15 is 0 Å². The van der Waals surface area contributed by atoms with Gasteiger partial charge in [0, 0.05) is 16.1 Å². The van der Waals surface area contributed by atoms with E-state index in [0.29, 0.717) is 27.3 Å². The molecule has 1 aliphatic rings. The van der Waals surface area contributed by atoms with Gasteiger partial charge in [-0.15, -0.1) is 0 Å². The van der Waals surface area contributed by atoms with Gasteiger partial charge < -0.3 is 4.74 Å². The summed E-state index contributed by atoms with van der Waals surface area (Å²) < 4.78 is 70.1. The molecule has 156 valence electrons. The monoisotopic (exact) mass is 453 g/mol. The first-order valence-electron chi connectivity index (χ1n) is 8.79. The van der Waals surface area contributed by atoms with Gasteiger partial charge in [-0.1, -0.05) is 48.0 Å². The molecule has 0 saturated carbocycles. The Morgan fingerprint density at radius 3 is 2.43 bits per heavy atom. The fourth-order valence-electron chi connectivity index (χ4n) is 3.63. The highest BCUT2D eigenvalue weighted by molar-refractivity contribution is 7.88. The molecule has 1 unspecified atom stereocenters. The lowest BCUT2D eigenvalue weighted by Gasteiger charge is -2.31. The maximum Gasteiger partial charge on any atom is 0.417 e. The summed E-state index contributed by atoms with van der Waals surface area (Å²) in [5, 5.41) is 5.58. The first kappa shape index (κ1) is 20.7. The van der Waals surface area contributed by atoms with Gasteiger partial charge >= 0.3 is 6.18 Å². The van der Waals surface area contributed by atoms with Crippen LogP contribution in [-0.2, 0) is 22.0 Å². The average Bonchev–Trinajstić information content (AvgIpc) is 2.64. The summed E-state index contributed by atoms with van der Waals surface area (Å²) in [6.45, 7) is 0. The van der Waals surface area contributed by atoms with Gasteiger partial charge in [0.2, 0.25) is 10.0 Å². The second-order valence-electron chi connectivity index (χ2n) is 6.96. The highest BCUT2D eigenvalue weighted by atomic mass is 35.5. The van der Waals surface area contributed by atoms with Crippen LogP contribution in [0.2, 0.25) is 5.02 Å². The molecule has 0 bridgehead atoms. The molecule has 9 heteroatoms. The third-order valence-electron chi connectivity index (χ3n) is 4.76. The molecule has 0 radical (unpaired) electrons. The number of fused-ring (bicyclic) bond motifs is 3. The Hall–Kier alpha value is -2.55. The van der Waals surface area contributed by atoms with E-state index in [2.05, 4.69) is 0 Å². The van der Waals surface area contributed by atoms with Gasteiger partial charge in [0.1, 0.15) is 11.9 Å². The molecule has 3 aromatic rings. The van der Waals surface area contributed by atoms with Crippen LogP contribution in [0.5, 0.6) is 5.75 Å². The van der Waals surface area contributed by atoms with Crippen LogP contribution < -0.4 is 9.88 Å². The Morgan fingerprint density at radius 2 is 1.77 bits per heavy atom. The summed E-state index contributed by atoms with van der Waals surface area (Å²) in [4.78, 5) is 0. The normalized spacial score (nSPS) is 15.8. The van der Waals surface area contributed by atoms with Crippen LogP contribution in [0.4, 0.5) is 13.2 Å². The van der Waals surface area contributed by atoms with E-state index in [1.165, 1.54) is 30.3 Å². The minimum atomic E-state index is -4.59. The van der Waals surface area contributed by atoms with E-state index in [4.69, 9.17) is 21.5 Å². The summed E-state index contributed by atoms with van der Waals surface area (Å²) in [6, 6.07) is 15.0. The molecule has 30 heavy (non-hydrogen) atoms. The maximum atomic E-state index is 13.7. The summed E-state index contributed by atoms with van der Waals surface area (Å²) in [7, 11) is -3.83. The van der Waals surface area contributed by atoms with Crippen LogP contribution in [0.3, 0.4) is 0 Å². The van der Waals surface area contributed by atoms with Crippen LogP contribution in [-0.4, -0.2) is 8.42 Å². The number of alkyl halides is 3. The largest absolute Gasteiger partial charge is 0.480 e. The topological polar surface area (TPSA) is 69.4 Å². The Balaban J connectivity index is 1.97. The molecule has 3 aromatic carbocycles. The van der Waals surface area contributed by atoms with Crippen molar-refractivity contribution >= 4 is 21.6 Å². The van der Waals surface area contributed by atoms with Crippen LogP contribution in [0.25, 0.3) is 11.1 Å². The van der Waals surface area contributed by atoms with Crippen molar-refractivity contribution in [2.24, 2.45) is 5.14 Å². The number of sulfonamides is 1. The zero-order valence-corrected chi connectivity index (χ0v) is 16.9. The van der Waals surface area contributed by atoms with Crippen LogP contribution in [0, 0.1) is 0 Å². The summed E-state index contributed by atoms with van der Waals surface area (Å²) in [5.74, 6) is -0.363. The van der Waals surface area contributed by atoms with Crippen molar-refractivity contribution in [3.8, 4) is 16.9 Å². The van der Waals surface area contributed by atoms with Crippen molar-refractivity contribution in [2.45, 2.75) is 18.0 Å². The van der Waals surface area contributed by atoms with Gasteiger partial charge in [-0.05, 0) is 41.0 Å². The van der Waals surface area contributed by atoms with Crippen LogP contribution in [0.15, 0.2) is 60.7 Å². The number of hydrogen-bond donors (Lipinski definition) is 1. The average molecular weight is 454 g/mol. The molecule has 0 spiro atoms. The first-order chi connectivity index (χ1) is 14.0. The molecule has 0 amide bonds. The fraction of sp³-hybridized carbons (Fsp3) is 0.143. The van der Waals surface area contributed by atoms with Gasteiger partial charge in [-0.3, -0.25) is 0 Å². The highest BCUT2D eigenvalue weighted by Gasteiger charge is 2.38. The van der Waals surface area contributed by atoms with Crippen molar-refractivity contribution in [1.82, 2.24) is 0 Å². The van der Waals surface area contributed by atoms with E-state index in [9.17, 15) is 21.6 Å². The minimum absolute atomic E-state index is 0.0829. The maximum absolute atomic E-state index is 13.7. The molecule has 4 rings (SSSR count). The molecule has 0 aliphatic carbocycles. The van der Waals surface area contributed by atoms with Crippen molar-refractivity contribution in [3.63, 3.8) is 0 Å². The van der Waals surface area contributed by atoms with Crippen molar-refractivity contribution in [1.29, 1.82) is 0 Å². The molecule has 1 aliphatic heterocycles. The van der Waals surface area contributed by atoms with Gasteiger partial charge in [0.25, 0.3) is 0 Å². The molecule has 0 saturated heterocycles. The summed E-state index contributed by atoms with van der Waals surface area (Å²) >= 11 is 6.09. The van der Waals surface area contributed by atoms with Gasteiger partial charge in [-0.2, -0.15) is 13.2 Å². The molecule has 0 aromatic heterocycles. The lowest BCUT2D eigenvalue weighted by atomic mass is 9.86. The smallest absolute Gasteiger partial charge is 0.417 e. The zero-order chi connectivity index (χ0) is 21.7. The second-order valence-corrected chi connectivity index (χ2v) is 9.01. The van der Waals surface area contributed by atoms with E-state index < -0.39 is 33.6 Å². The Kier molecular flexibility index (Phi) is 5.04. The number of hydrogen-bond acceptors (Lipinski definition) is 3. The number of ether oxygens (including phenoxy) is 1. The summed E-state index contributed by atoms with van der Waals surface area (Å²) in [6.07, 6.45) is -5.36. The van der Waals surface area contributed by atoms with Gasteiger partial charge in [0.15, 0.2) is 0 Å². The summed E-state index contributed by atoms with van der Waals surface area (Å²) in [5.41, 5.74) is 0.778. The van der Waals surface area contributed by atoms with E-state index in [0.717, 1.165) is 6.07 Å². The van der Waals surface area contributed by atoms with Crippen molar-refractivity contribution in [3.05, 3.63) is 87.9 Å². The number of halogens is 4. The Bertz CT molecular complexity index is 1240. The van der Waals surface area contributed by atoms with E-state index in [1.54, 1.807) is 24.3 Å². The standard InChI is InChI=1S/C21H15ClF3NO3S/c22-14-4-1-3-13(10-14)20-16-9-12(11-30(26,27)28)7-8-15(16)19-17(21(23,24)25)5-2-6-18(19)29-20/h1-10,20H,11H2,(H2,26,27,28). The fourth-order valence-corrected chi connectivity index (χ4v) is 4.47. The van der Waals surface area contributed by atoms with Crippen molar-refractivity contribution in [2.75, 3.05) is 0 Å². The molecule has 2 N–H and O–H groups in total. The molecule has 1 atom stereocenters. The SMILES string of the molecule is NS(=O)(=O)Cc1ccc2c(c1)C(c1cccc(Cl)c1)Oc1cccc(C(F)(F)F)c1-2. The lowest BCUT2D eigenvalue weighted by molar-refractivity contribution is -0.137. The molecule has 4 nitrogen and oxygen atoms in total. The Morgan fingerprint density at radius 1 is 1.03 bits per heavy atom. The third kappa shape index (κ3) is 4.03. The van der Waals surface area contributed by atoms with Gasteiger partial charge in [-0.25, -0.2) is 13.6 Å².